The molecule has 10 nitrogen and oxygen atoms in total. The number of fused-ring (bicyclic) bond motifs is 2. The molecule has 2 N–H and O–H groups in total. The van der Waals surface area contributed by atoms with E-state index >= 15 is 4.39 Å². The van der Waals surface area contributed by atoms with Crippen LogP contribution < -0.4 is 5.32 Å². The number of aliphatic imine (C=N–C) groups is 1. The van der Waals surface area contributed by atoms with Crippen LogP contribution in [0.2, 0.25) is 0 Å². The Hall–Kier alpha value is -4.32. The predicted octanol–water partition coefficient (Wildman–Crippen LogP) is 6.70. The van der Waals surface area contributed by atoms with E-state index in [-0.39, 0.29) is 23.5 Å². The Morgan fingerprint density at radius 2 is 1.87 bits per heavy atom. The molecule has 1 spiro atoms. The second-order valence-electron chi connectivity index (χ2n) is 12.2. The number of halogens is 2. The number of carbonyl (C=O) groups excluding carboxylic acids is 1. The fourth-order valence-corrected chi connectivity index (χ4v) is 6.61. The molecule has 1 aromatic carbocycles. The Morgan fingerprint density at radius 1 is 1.11 bits per heavy atom. The quantitative estimate of drug-likeness (QED) is 0.185. The molecule has 2 fully saturated rings. The number of carboxylic acid groups (broad SMARTS) is 1. The maximum atomic E-state index is 15.1. The summed E-state index contributed by atoms with van der Waals surface area (Å²) in [5, 5.41) is 11.2. The van der Waals surface area contributed by atoms with Crippen LogP contribution in [0.3, 0.4) is 0 Å². The number of carboxylic acids is 1. The third-order valence-electron chi connectivity index (χ3n) is 9.21. The van der Waals surface area contributed by atoms with Gasteiger partial charge in [-0.1, -0.05) is 18.9 Å². The summed E-state index contributed by atoms with van der Waals surface area (Å²) in [5.41, 5.74) is 3.64. The van der Waals surface area contributed by atoms with Crippen molar-refractivity contribution in [1.29, 1.82) is 0 Å². The number of rotatable bonds is 10. The number of aliphatic carboxylic acids is 1. The highest BCUT2D eigenvalue weighted by atomic mass is 19.1. The van der Waals surface area contributed by atoms with Crippen LogP contribution in [0.25, 0.3) is 11.3 Å². The predicted molar refractivity (Wildman–Crippen MR) is 171 cm³/mol. The average molecular weight is 635 g/mol. The molecular formula is C34H40F2N6O4. The number of carbonyl (C=O) groups is 2. The van der Waals surface area contributed by atoms with Gasteiger partial charge in [-0.3, -0.25) is 14.6 Å². The SMILES string of the molecule is CC1=Nc2c(F)cc(-c3nc(Nc4ccc(C5CCN(C)CC5)cn4)ncc3F)cc2C12CCCC2.O=COCCCCC(=O)O. The number of hydrogen-bond donors (Lipinski definition) is 2. The van der Waals surface area contributed by atoms with Crippen molar-refractivity contribution in [1.82, 2.24) is 19.9 Å². The molecule has 1 aliphatic carbocycles. The lowest BCUT2D eigenvalue weighted by molar-refractivity contribution is -0.137. The lowest BCUT2D eigenvalue weighted by atomic mass is 9.76. The summed E-state index contributed by atoms with van der Waals surface area (Å²) in [5.74, 6) is -0.535. The Labute approximate surface area is 267 Å². The molecule has 244 valence electrons. The van der Waals surface area contributed by atoms with Crippen LogP contribution >= 0.6 is 0 Å². The lowest BCUT2D eigenvalue weighted by Gasteiger charge is -2.29. The van der Waals surface area contributed by atoms with Gasteiger partial charge in [0, 0.05) is 29.3 Å². The van der Waals surface area contributed by atoms with Crippen LogP contribution in [0.1, 0.15) is 81.8 Å². The first-order valence-corrected chi connectivity index (χ1v) is 15.8. The highest BCUT2D eigenvalue weighted by Crippen LogP contribution is 2.52. The number of piperidine rings is 1. The first-order valence-electron chi connectivity index (χ1n) is 15.8. The number of benzene rings is 1. The third kappa shape index (κ3) is 7.55. The van der Waals surface area contributed by atoms with Crippen molar-refractivity contribution in [2.45, 2.75) is 76.0 Å². The molecule has 3 aromatic rings. The first kappa shape index (κ1) is 33.1. The smallest absolute Gasteiger partial charge is 0.303 e. The van der Waals surface area contributed by atoms with Gasteiger partial charge in [-0.15, -0.1) is 0 Å². The van der Waals surface area contributed by atoms with Crippen LogP contribution in [-0.4, -0.2) is 69.9 Å². The lowest BCUT2D eigenvalue weighted by Crippen LogP contribution is -2.29. The molecule has 4 heterocycles. The van der Waals surface area contributed by atoms with Crippen LogP contribution in [-0.2, 0) is 19.7 Å². The Balaban J connectivity index is 0.000000362. The summed E-state index contributed by atoms with van der Waals surface area (Å²) >= 11 is 0. The number of hydrogen-bond acceptors (Lipinski definition) is 9. The highest BCUT2D eigenvalue weighted by Gasteiger charge is 2.44. The normalized spacial score (nSPS) is 17.2. The van der Waals surface area contributed by atoms with E-state index in [9.17, 15) is 14.0 Å². The van der Waals surface area contributed by atoms with Crippen LogP contribution in [0.15, 0.2) is 41.7 Å². The van der Waals surface area contributed by atoms with E-state index in [2.05, 4.69) is 48.0 Å². The number of nitrogens with one attached hydrogen (secondary N) is 1. The number of nitrogens with zero attached hydrogens (tertiary/aromatic N) is 5. The standard InChI is InChI=1S/C28H30F2N6.C6H10O4/c1-17-28(9-3-4-10-28)21-13-20(14-22(29)26(21)33-17)25-23(30)16-32-27(35-25)34-24-6-5-19(15-31-24)18-7-11-36(2)12-8-18;7-5-10-4-2-1-3-6(8)9/h5-6,13-16,18H,3-4,7-12H2,1-2H3,(H,31,32,34,35);5H,1-4H2,(H,8,9). The molecule has 0 unspecified atom stereocenters. The summed E-state index contributed by atoms with van der Waals surface area (Å²) in [6, 6.07) is 7.18. The van der Waals surface area contributed by atoms with Crippen LogP contribution in [0.5, 0.6) is 0 Å². The van der Waals surface area contributed by atoms with E-state index in [1.54, 1.807) is 0 Å². The van der Waals surface area contributed by atoms with E-state index in [0.29, 0.717) is 48.9 Å². The van der Waals surface area contributed by atoms with Crippen molar-refractivity contribution in [2.24, 2.45) is 4.99 Å². The second kappa shape index (κ2) is 14.8. The number of pyridine rings is 1. The van der Waals surface area contributed by atoms with E-state index in [1.807, 2.05) is 25.3 Å². The van der Waals surface area contributed by atoms with Gasteiger partial charge in [0.2, 0.25) is 5.95 Å². The van der Waals surface area contributed by atoms with E-state index in [1.165, 1.54) is 11.6 Å². The number of ether oxygens (including phenoxy) is 1. The zero-order valence-corrected chi connectivity index (χ0v) is 26.3. The molecule has 0 atom stereocenters. The van der Waals surface area contributed by atoms with Crippen molar-refractivity contribution < 1.29 is 28.2 Å². The number of unbranched alkanes of at least 4 members (excludes halogenated alkanes) is 1. The molecule has 46 heavy (non-hydrogen) atoms. The van der Waals surface area contributed by atoms with Gasteiger partial charge < -0.3 is 20.1 Å². The first-order chi connectivity index (χ1) is 22.2. The van der Waals surface area contributed by atoms with E-state index in [4.69, 9.17) is 5.11 Å². The molecular weight excluding hydrogens is 594 g/mol. The summed E-state index contributed by atoms with van der Waals surface area (Å²) < 4.78 is 34.4. The van der Waals surface area contributed by atoms with Crippen LogP contribution in [0.4, 0.5) is 26.2 Å². The monoisotopic (exact) mass is 634 g/mol. The van der Waals surface area contributed by atoms with Gasteiger partial charge in [-0.2, -0.15) is 0 Å². The molecule has 6 rings (SSSR count). The van der Waals surface area contributed by atoms with Crippen molar-refractivity contribution in [3.05, 3.63) is 59.4 Å². The Kier molecular flexibility index (Phi) is 10.7. The molecule has 0 radical (unpaired) electrons. The van der Waals surface area contributed by atoms with Crippen molar-refractivity contribution >= 4 is 35.6 Å². The van der Waals surface area contributed by atoms with Crippen LogP contribution in [0, 0.1) is 11.6 Å². The second-order valence-corrected chi connectivity index (χ2v) is 12.2. The zero-order chi connectivity index (χ0) is 32.7. The fraction of sp³-hybridized carbons (Fsp3) is 0.471. The molecule has 3 aliphatic rings. The molecule has 2 aliphatic heterocycles. The summed E-state index contributed by atoms with van der Waals surface area (Å²) in [4.78, 5) is 39.4. The minimum atomic E-state index is -0.814. The van der Waals surface area contributed by atoms with Gasteiger partial charge in [-0.25, -0.2) is 23.7 Å². The van der Waals surface area contributed by atoms with Crippen molar-refractivity contribution in [2.75, 3.05) is 32.1 Å². The number of aromatic nitrogens is 3. The molecule has 12 heteroatoms. The Morgan fingerprint density at radius 3 is 2.54 bits per heavy atom. The maximum absolute atomic E-state index is 15.1. The molecule has 0 amide bonds. The summed E-state index contributed by atoms with van der Waals surface area (Å²) in [6.45, 7) is 4.83. The molecule has 0 bridgehead atoms. The zero-order valence-electron chi connectivity index (χ0n) is 26.3. The van der Waals surface area contributed by atoms with Gasteiger partial charge in [0.15, 0.2) is 5.82 Å². The van der Waals surface area contributed by atoms with Gasteiger partial charge in [0.1, 0.15) is 23.0 Å². The minimum Gasteiger partial charge on any atom is -0.481 e. The minimum absolute atomic E-state index is 0.0647. The number of anilines is 2. The topological polar surface area (TPSA) is 130 Å². The largest absolute Gasteiger partial charge is 0.481 e. The van der Waals surface area contributed by atoms with Gasteiger partial charge >= 0.3 is 5.97 Å². The van der Waals surface area contributed by atoms with E-state index in [0.717, 1.165) is 69.1 Å². The number of likely N-dealkylation sites (tertiary alicyclic amines) is 1. The summed E-state index contributed by atoms with van der Waals surface area (Å²) in [6.07, 6.45) is 10.6. The van der Waals surface area contributed by atoms with Gasteiger partial charge in [0.05, 0.1) is 12.8 Å². The third-order valence-corrected chi connectivity index (χ3v) is 9.21. The molecule has 2 aromatic heterocycles. The average Bonchev–Trinajstić information content (AvgIpc) is 3.65. The van der Waals surface area contributed by atoms with E-state index < -0.39 is 17.6 Å². The molecule has 1 saturated heterocycles. The summed E-state index contributed by atoms with van der Waals surface area (Å²) in [7, 11) is 2.15. The van der Waals surface area contributed by atoms with Crippen molar-refractivity contribution in [3.63, 3.8) is 0 Å². The molecule has 1 saturated carbocycles. The highest BCUT2D eigenvalue weighted by molar-refractivity contribution is 6.01. The van der Waals surface area contributed by atoms with Gasteiger partial charge in [0.25, 0.3) is 6.47 Å². The fourth-order valence-electron chi connectivity index (χ4n) is 6.61. The Bertz CT molecular complexity index is 1570. The van der Waals surface area contributed by atoms with Gasteiger partial charge in [-0.05, 0) is 101 Å². The van der Waals surface area contributed by atoms with Crippen molar-refractivity contribution in [3.8, 4) is 11.3 Å². The maximum Gasteiger partial charge on any atom is 0.303 e.